The topological polar surface area (TPSA) is 42.1 Å². The molecule has 2 aromatic rings. The van der Waals surface area contributed by atoms with Crippen molar-refractivity contribution in [3.63, 3.8) is 0 Å². The summed E-state index contributed by atoms with van der Waals surface area (Å²) in [5, 5.41) is 1.19. The van der Waals surface area contributed by atoms with Gasteiger partial charge < -0.3 is 10.6 Å². The molecule has 0 aliphatic heterocycles. The Morgan fingerprint density at radius 1 is 1.22 bits per heavy atom. The van der Waals surface area contributed by atoms with Crippen molar-refractivity contribution >= 4 is 16.6 Å². The van der Waals surface area contributed by atoms with Gasteiger partial charge in [0.2, 0.25) is 0 Å². The minimum absolute atomic E-state index is 0.110. The van der Waals surface area contributed by atoms with Crippen molar-refractivity contribution in [1.82, 2.24) is 4.98 Å². The van der Waals surface area contributed by atoms with Gasteiger partial charge in [-0.05, 0) is 24.1 Å². The van der Waals surface area contributed by atoms with Crippen LogP contribution in [-0.4, -0.2) is 25.1 Å². The van der Waals surface area contributed by atoms with Crippen LogP contribution >= 0.6 is 0 Å². The Morgan fingerprint density at radius 3 is 2.67 bits per heavy atom. The zero-order valence-corrected chi connectivity index (χ0v) is 11.4. The first-order valence-corrected chi connectivity index (χ1v) is 6.28. The Labute approximate surface area is 109 Å². The number of hydrogen-bond donors (Lipinski definition) is 1. The quantitative estimate of drug-likeness (QED) is 0.897. The van der Waals surface area contributed by atoms with Crippen molar-refractivity contribution in [1.29, 1.82) is 0 Å². The van der Waals surface area contributed by atoms with Gasteiger partial charge in [0, 0.05) is 30.9 Å². The lowest BCUT2D eigenvalue weighted by Gasteiger charge is -2.31. The van der Waals surface area contributed by atoms with Crippen molar-refractivity contribution in [3.05, 3.63) is 36.5 Å². The molecule has 0 saturated heterocycles. The van der Waals surface area contributed by atoms with E-state index in [1.54, 1.807) is 0 Å². The highest BCUT2D eigenvalue weighted by Crippen LogP contribution is 2.26. The molecule has 0 aliphatic rings. The number of anilines is 1. The Hall–Kier alpha value is -1.61. The largest absolute Gasteiger partial charge is 0.373 e. The Morgan fingerprint density at radius 2 is 1.94 bits per heavy atom. The fourth-order valence-corrected chi connectivity index (χ4v) is 2.21. The number of hydrogen-bond acceptors (Lipinski definition) is 3. The summed E-state index contributed by atoms with van der Waals surface area (Å²) >= 11 is 0. The molecule has 1 aromatic heterocycles. The van der Waals surface area contributed by atoms with Gasteiger partial charge in [-0.3, -0.25) is 4.98 Å². The van der Waals surface area contributed by atoms with Gasteiger partial charge >= 0.3 is 0 Å². The summed E-state index contributed by atoms with van der Waals surface area (Å²) in [7, 11) is 2.11. The molecule has 0 atom stereocenters. The molecule has 2 rings (SSSR count). The first-order chi connectivity index (χ1) is 8.53. The van der Waals surface area contributed by atoms with E-state index in [0.717, 1.165) is 12.1 Å². The maximum Gasteiger partial charge on any atom is 0.0722 e. The van der Waals surface area contributed by atoms with Crippen molar-refractivity contribution in [3.8, 4) is 0 Å². The monoisotopic (exact) mass is 243 g/mol. The van der Waals surface area contributed by atoms with E-state index in [9.17, 15) is 0 Å². The van der Waals surface area contributed by atoms with Gasteiger partial charge in [0.15, 0.2) is 0 Å². The zero-order valence-electron chi connectivity index (χ0n) is 11.4. The fraction of sp³-hybridized carbons (Fsp3) is 0.400. The molecule has 3 nitrogen and oxygen atoms in total. The minimum Gasteiger partial charge on any atom is -0.373 e. The SMILES string of the molecule is CN(CC(C)(C)CN)c1ccnc2ccccc12. The van der Waals surface area contributed by atoms with Gasteiger partial charge in [0.1, 0.15) is 0 Å². The lowest BCUT2D eigenvalue weighted by molar-refractivity contribution is 0.385. The molecule has 0 aliphatic carbocycles. The summed E-state index contributed by atoms with van der Waals surface area (Å²) in [6, 6.07) is 10.3. The van der Waals surface area contributed by atoms with E-state index in [0.29, 0.717) is 6.54 Å². The van der Waals surface area contributed by atoms with Crippen LogP contribution in [0.2, 0.25) is 0 Å². The molecule has 0 unspecified atom stereocenters. The van der Waals surface area contributed by atoms with E-state index >= 15 is 0 Å². The van der Waals surface area contributed by atoms with Crippen LogP contribution in [0, 0.1) is 5.41 Å². The summed E-state index contributed by atoms with van der Waals surface area (Å²) in [5.74, 6) is 0. The number of nitrogens with zero attached hydrogens (tertiary/aromatic N) is 2. The van der Waals surface area contributed by atoms with Crippen molar-refractivity contribution in [2.75, 3.05) is 25.0 Å². The van der Waals surface area contributed by atoms with E-state index < -0.39 is 0 Å². The molecule has 0 spiro atoms. The summed E-state index contributed by atoms with van der Waals surface area (Å²) in [6.07, 6.45) is 1.86. The van der Waals surface area contributed by atoms with E-state index in [-0.39, 0.29) is 5.41 Å². The number of fused-ring (bicyclic) bond motifs is 1. The van der Waals surface area contributed by atoms with Crippen LogP contribution in [0.15, 0.2) is 36.5 Å². The van der Waals surface area contributed by atoms with Gasteiger partial charge in [-0.1, -0.05) is 32.0 Å². The average molecular weight is 243 g/mol. The molecule has 2 N–H and O–H groups in total. The third-order valence-corrected chi connectivity index (χ3v) is 3.26. The molecule has 1 aromatic carbocycles. The first-order valence-electron chi connectivity index (χ1n) is 6.28. The van der Waals surface area contributed by atoms with Crippen LogP contribution in [0.3, 0.4) is 0 Å². The Balaban J connectivity index is 2.36. The molecule has 1 heterocycles. The van der Waals surface area contributed by atoms with Gasteiger partial charge in [-0.2, -0.15) is 0 Å². The molecular weight excluding hydrogens is 222 g/mol. The highest BCUT2D eigenvalue weighted by molar-refractivity contribution is 5.91. The fourth-order valence-electron chi connectivity index (χ4n) is 2.21. The number of para-hydroxylation sites is 1. The molecule has 0 bridgehead atoms. The molecule has 3 heteroatoms. The number of benzene rings is 1. The summed E-state index contributed by atoms with van der Waals surface area (Å²) < 4.78 is 0. The average Bonchev–Trinajstić information content (AvgIpc) is 2.37. The zero-order chi connectivity index (χ0) is 13.2. The number of rotatable bonds is 4. The van der Waals surface area contributed by atoms with Gasteiger partial charge in [-0.25, -0.2) is 0 Å². The smallest absolute Gasteiger partial charge is 0.0722 e. The second-order valence-corrected chi connectivity index (χ2v) is 5.57. The van der Waals surface area contributed by atoms with Crippen molar-refractivity contribution in [2.45, 2.75) is 13.8 Å². The van der Waals surface area contributed by atoms with E-state index in [1.165, 1.54) is 11.1 Å². The second-order valence-electron chi connectivity index (χ2n) is 5.57. The normalized spacial score (nSPS) is 11.8. The maximum absolute atomic E-state index is 5.81. The predicted molar refractivity (Wildman–Crippen MR) is 77.8 cm³/mol. The summed E-state index contributed by atoms with van der Waals surface area (Å²) in [5.41, 5.74) is 8.16. The van der Waals surface area contributed by atoms with Crippen LogP contribution in [0.5, 0.6) is 0 Å². The molecule has 0 amide bonds. The lowest BCUT2D eigenvalue weighted by Crippen LogP contribution is -2.36. The Kier molecular flexibility index (Phi) is 3.53. The Bertz CT molecular complexity index is 529. The number of pyridine rings is 1. The van der Waals surface area contributed by atoms with Gasteiger partial charge in [-0.15, -0.1) is 0 Å². The molecular formula is C15H21N3. The summed E-state index contributed by atoms with van der Waals surface area (Å²) in [4.78, 5) is 6.65. The van der Waals surface area contributed by atoms with Crippen molar-refractivity contribution < 1.29 is 0 Å². The highest BCUT2D eigenvalue weighted by atomic mass is 15.1. The van der Waals surface area contributed by atoms with Crippen molar-refractivity contribution in [2.24, 2.45) is 11.1 Å². The molecule has 0 saturated carbocycles. The first kappa shape index (κ1) is 12.8. The number of nitrogens with two attached hydrogens (primary N) is 1. The second kappa shape index (κ2) is 4.94. The third-order valence-electron chi connectivity index (χ3n) is 3.26. The molecule has 96 valence electrons. The van der Waals surface area contributed by atoms with Crippen LogP contribution in [0.4, 0.5) is 5.69 Å². The minimum atomic E-state index is 0.110. The lowest BCUT2D eigenvalue weighted by atomic mass is 9.93. The van der Waals surface area contributed by atoms with Crippen LogP contribution in [0.25, 0.3) is 10.9 Å². The van der Waals surface area contributed by atoms with E-state index in [2.05, 4.69) is 49.0 Å². The standard InChI is InChI=1S/C15H21N3/c1-15(2,10-16)11-18(3)14-8-9-17-13-7-5-4-6-12(13)14/h4-9H,10-11,16H2,1-3H3. The molecule has 0 fully saturated rings. The number of aromatic nitrogens is 1. The van der Waals surface area contributed by atoms with Crippen LogP contribution in [-0.2, 0) is 0 Å². The molecule has 0 radical (unpaired) electrons. The molecule has 18 heavy (non-hydrogen) atoms. The third kappa shape index (κ3) is 2.62. The van der Waals surface area contributed by atoms with Crippen LogP contribution < -0.4 is 10.6 Å². The van der Waals surface area contributed by atoms with E-state index in [1.807, 2.05) is 18.3 Å². The van der Waals surface area contributed by atoms with Gasteiger partial charge in [0.25, 0.3) is 0 Å². The predicted octanol–water partition coefficient (Wildman–Crippen LogP) is 2.66. The van der Waals surface area contributed by atoms with Gasteiger partial charge in [0.05, 0.1) is 5.52 Å². The maximum atomic E-state index is 5.81. The van der Waals surface area contributed by atoms with Crippen LogP contribution in [0.1, 0.15) is 13.8 Å². The summed E-state index contributed by atoms with van der Waals surface area (Å²) in [6.45, 7) is 5.98. The highest BCUT2D eigenvalue weighted by Gasteiger charge is 2.19. The van der Waals surface area contributed by atoms with E-state index in [4.69, 9.17) is 5.73 Å².